The minimum atomic E-state index is -1.26. The van der Waals surface area contributed by atoms with E-state index in [0.29, 0.717) is 0 Å². The van der Waals surface area contributed by atoms with Crippen LogP contribution in [0.4, 0.5) is 0 Å². The van der Waals surface area contributed by atoms with Crippen LogP contribution in [0.5, 0.6) is 0 Å². The van der Waals surface area contributed by atoms with E-state index in [1.54, 1.807) is 0 Å². The van der Waals surface area contributed by atoms with Gasteiger partial charge in [0.2, 0.25) is 0 Å². The Morgan fingerprint density at radius 2 is 0.679 bits per heavy atom. The van der Waals surface area contributed by atoms with Crippen LogP contribution in [0.25, 0.3) is 0 Å². The third-order valence-electron chi connectivity index (χ3n) is 1.08. The number of carbonyl (C=O) groups excluding carboxylic acids is 3. The first-order valence-electron chi connectivity index (χ1n) is 6.02. The minimum Gasteiger partial charge on any atom is -0.550 e. The zero-order chi connectivity index (χ0) is 21.2. The molecule has 0 unspecified atom stereocenters. The minimum absolute atomic E-state index is 0. The van der Waals surface area contributed by atoms with Gasteiger partial charge in [-0.2, -0.15) is 0 Å². The van der Waals surface area contributed by atoms with Crippen LogP contribution in [0.15, 0.2) is 0 Å². The van der Waals surface area contributed by atoms with Gasteiger partial charge in [0, 0.05) is 17.9 Å². The van der Waals surface area contributed by atoms with Crippen LogP contribution in [0.2, 0.25) is 0 Å². The molecule has 0 rings (SSSR count). The van der Waals surface area contributed by atoms with Crippen molar-refractivity contribution in [1.82, 2.24) is 4.90 Å². The molecular formula is C12H18NNa3O12. The maximum atomic E-state index is 10.1. The summed E-state index contributed by atoms with van der Waals surface area (Å²) in [5, 5.41) is 51.5. The number of nitrogens with zero attached hydrogens (tertiary/aromatic N) is 1. The van der Waals surface area contributed by atoms with E-state index < -0.39 is 55.5 Å². The molecule has 0 fully saturated rings. The molecule has 0 aromatic heterocycles. The standard InChI is InChI=1S/C6H9NO6.3C2H4O2.3Na/c8-4(9)1-7(2-5(10)11)3-6(12)13;3*1-2(3)4;;;/h1-3H2,(H,8,9)(H,10,11)(H,12,13);3*1H3,(H,3,4);;;/q;;;;3*+1/p-3. The Balaban J connectivity index is -0.0000000493. The summed E-state index contributed by atoms with van der Waals surface area (Å²) in [7, 11) is 0. The fourth-order valence-corrected chi connectivity index (χ4v) is 0.742. The second kappa shape index (κ2) is 31.5. The van der Waals surface area contributed by atoms with Gasteiger partial charge in [0.1, 0.15) is 0 Å². The molecule has 0 aliphatic rings. The van der Waals surface area contributed by atoms with Crippen molar-refractivity contribution in [3.05, 3.63) is 0 Å². The number of rotatable bonds is 6. The van der Waals surface area contributed by atoms with Gasteiger partial charge in [-0.15, -0.1) is 0 Å². The zero-order valence-corrected chi connectivity index (χ0v) is 22.6. The van der Waals surface area contributed by atoms with Gasteiger partial charge < -0.3 is 45.0 Å². The van der Waals surface area contributed by atoms with Crippen LogP contribution in [-0.4, -0.2) is 75.7 Å². The summed E-state index contributed by atoms with van der Waals surface area (Å²) in [6.45, 7) is 1.12. The summed E-state index contributed by atoms with van der Waals surface area (Å²) in [6.07, 6.45) is 0. The number of hydrogen-bond donors (Lipinski definition) is 3. The van der Waals surface area contributed by atoms with Crippen LogP contribution >= 0.6 is 0 Å². The maximum Gasteiger partial charge on any atom is 1.00 e. The van der Waals surface area contributed by atoms with Crippen LogP contribution < -0.4 is 104 Å². The second-order valence-corrected chi connectivity index (χ2v) is 3.80. The average molecular weight is 437 g/mol. The zero-order valence-electron chi connectivity index (χ0n) is 16.6. The predicted octanol–water partition coefficient (Wildman–Crippen LogP) is -14.2. The first-order chi connectivity index (χ1) is 11.1. The van der Waals surface area contributed by atoms with E-state index in [4.69, 9.17) is 45.0 Å². The van der Waals surface area contributed by atoms with Gasteiger partial charge in [-0.25, -0.2) is 0 Å². The van der Waals surface area contributed by atoms with Crippen molar-refractivity contribution in [1.29, 1.82) is 0 Å². The molecule has 0 spiro atoms. The summed E-state index contributed by atoms with van der Waals surface area (Å²) in [5.74, 6) is -7.03. The molecule has 3 N–H and O–H groups in total. The molecule has 13 nitrogen and oxygen atoms in total. The van der Waals surface area contributed by atoms with E-state index in [1.165, 1.54) is 0 Å². The Hall–Kier alpha value is -0.220. The first-order valence-corrected chi connectivity index (χ1v) is 6.02. The summed E-state index contributed by atoms with van der Waals surface area (Å²) < 4.78 is 0. The topological polar surface area (TPSA) is 236 Å². The Bertz CT molecular complexity index is 394. The fraction of sp³-hybridized carbons (Fsp3) is 0.500. The molecule has 0 saturated heterocycles. The van der Waals surface area contributed by atoms with Gasteiger partial charge in [-0.1, -0.05) is 0 Å². The largest absolute Gasteiger partial charge is 1.00 e. The molecule has 0 radical (unpaired) electrons. The molecule has 28 heavy (non-hydrogen) atoms. The van der Waals surface area contributed by atoms with E-state index in [-0.39, 0.29) is 88.7 Å². The quantitative estimate of drug-likeness (QED) is 0.328. The molecular weight excluding hydrogens is 419 g/mol. The van der Waals surface area contributed by atoms with Gasteiger partial charge >= 0.3 is 107 Å². The van der Waals surface area contributed by atoms with E-state index in [0.717, 1.165) is 25.7 Å². The van der Waals surface area contributed by atoms with E-state index in [1.807, 2.05) is 0 Å². The van der Waals surface area contributed by atoms with Crippen molar-refractivity contribution in [2.45, 2.75) is 20.8 Å². The number of carbonyl (C=O) groups is 6. The molecule has 0 bridgehead atoms. The van der Waals surface area contributed by atoms with E-state index in [9.17, 15) is 14.4 Å². The summed E-state index contributed by atoms with van der Waals surface area (Å²) in [6, 6.07) is 0. The summed E-state index contributed by atoms with van der Waals surface area (Å²) in [4.78, 5) is 57.9. The molecule has 0 atom stereocenters. The first kappa shape index (κ1) is 46.1. The van der Waals surface area contributed by atoms with Gasteiger partial charge in [-0.05, 0) is 20.8 Å². The smallest absolute Gasteiger partial charge is 0.550 e. The second-order valence-electron chi connectivity index (χ2n) is 3.80. The Morgan fingerprint density at radius 3 is 0.750 bits per heavy atom. The number of hydrogen-bond acceptors (Lipinski definition) is 10. The maximum absolute atomic E-state index is 10.1. The Kier molecular flexibility index (Phi) is 51.9. The van der Waals surface area contributed by atoms with Crippen LogP contribution in [0.1, 0.15) is 20.8 Å². The molecule has 0 aromatic rings. The van der Waals surface area contributed by atoms with Crippen molar-refractivity contribution >= 4 is 35.8 Å². The van der Waals surface area contributed by atoms with Crippen molar-refractivity contribution in [2.75, 3.05) is 19.6 Å². The molecule has 16 heteroatoms. The van der Waals surface area contributed by atoms with Gasteiger partial charge in [0.15, 0.2) is 0 Å². The van der Waals surface area contributed by atoms with Crippen LogP contribution in [-0.2, 0) is 28.8 Å². The van der Waals surface area contributed by atoms with Crippen molar-refractivity contribution in [2.24, 2.45) is 0 Å². The molecule has 0 aliphatic heterocycles. The number of carboxylic acid groups (broad SMARTS) is 6. The molecule has 0 aromatic carbocycles. The molecule has 0 saturated carbocycles. The monoisotopic (exact) mass is 437 g/mol. The normalized spacial score (nSPS) is 7.29. The SMILES string of the molecule is CC(=O)[O-].CC(=O)[O-].CC(=O)[O-].O=C(O)CN(CC(=O)O)CC(=O)O.[Na+].[Na+].[Na+]. The van der Waals surface area contributed by atoms with Gasteiger partial charge in [0.05, 0.1) is 19.6 Å². The summed E-state index contributed by atoms with van der Waals surface area (Å²) >= 11 is 0. The van der Waals surface area contributed by atoms with Crippen molar-refractivity contribution in [3.8, 4) is 0 Å². The summed E-state index contributed by atoms with van der Waals surface area (Å²) in [5.41, 5.74) is 0. The average Bonchev–Trinajstić information content (AvgIpc) is 2.22. The number of aliphatic carboxylic acids is 6. The third kappa shape index (κ3) is 114. The molecule has 0 aliphatic carbocycles. The molecule has 146 valence electrons. The van der Waals surface area contributed by atoms with Gasteiger partial charge in [-0.3, -0.25) is 19.3 Å². The van der Waals surface area contributed by atoms with Crippen LogP contribution in [0.3, 0.4) is 0 Å². The predicted molar refractivity (Wildman–Crippen MR) is 71.4 cm³/mol. The van der Waals surface area contributed by atoms with E-state index in [2.05, 4.69) is 0 Å². The van der Waals surface area contributed by atoms with Crippen molar-refractivity contribution < 1.29 is 148 Å². The van der Waals surface area contributed by atoms with E-state index >= 15 is 0 Å². The molecule has 0 amide bonds. The van der Waals surface area contributed by atoms with Crippen LogP contribution in [0, 0.1) is 0 Å². The molecule has 0 heterocycles. The fourth-order valence-electron chi connectivity index (χ4n) is 0.742. The Labute approximate surface area is 227 Å². The Morgan fingerprint density at radius 1 is 0.571 bits per heavy atom. The van der Waals surface area contributed by atoms with Crippen molar-refractivity contribution in [3.63, 3.8) is 0 Å². The number of carboxylic acids is 6. The van der Waals surface area contributed by atoms with Gasteiger partial charge in [0.25, 0.3) is 0 Å². The third-order valence-corrected chi connectivity index (χ3v) is 1.08.